The first-order chi connectivity index (χ1) is 13.0. The van der Waals surface area contributed by atoms with Crippen LogP contribution in [0.2, 0.25) is 5.02 Å². The smallest absolute Gasteiger partial charge is 0.270 e. The van der Waals surface area contributed by atoms with Crippen LogP contribution in [-0.4, -0.2) is 37.1 Å². The van der Waals surface area contributed by atoms with Gasteiger partial charge in [0.05, 0.1) is 34.5 Å². The molecule has 0 saturated carbocycles. The summed E-state index contributed by atoms with van der Waals surface area (Å²) in [6.07, 6.45) is 2.87. The number of para-hydroxylation sites is 1. The lowest BCUT2D eigenvalue weighted by atomic mass is 10.2. The Balaban J connectivity index is 1.75. The third-order valence-corrected chi connectivity index (χ3v) is 4.39. The summed E-state index contributed by atoms with van der Waals surface area (Å²) in [6.45, 7) is 2.59. The number of hydrogen-bond acceptors (Lipinski definition) is 5. The van der Waals surface area contributed by atoms with Crippen LogP contribution in [-0.2, 0) is 9.53 Å². The minimum absolute atomic E-state index is 0.0259. The Bertz CT molecular complexity index is 879. The number of nitro benzene ring substituents is 1. The van der Waals surface area contributed by atoms with Crippen molar-refractivity contribution >= 4 is 40.6 Å². The molecular weight excluding hydrogens is 370 g/mol. The zero-order valence-corrected chi connectivity index (χ0v) is 15.2. The van der Waals surface area contributed by atoms with Gasteiger partial charge in [0.1, 0.15) is 0 Å². The van der Waals surface area contributed by atoms with Crippen LogP contribution >= 0.6 is 11.6 Å². The van der Waals surface area contributed by atoms with Crippen molar-refractivity contribution in [2.24, 2.45) is 0 Å². The third-order valence-electron chi connectivity index (χ3n) is 4.08. The molecule has 7 nitrogen and oxygen atoms in total. The lowest BCUT2D eigenvalue weighted by molar-refractivity contribution is -0.384. The molecule has 1 heterocycles. The number of nitro groups is 1. The number of ether oxygens (including phenoxy) is 1. The van der Waals surface area contributed by atoms with E-state index in [0.29, 0.717) is 42.6 Å². The van der Waals surface area contributed by atoms with Gasteiger partial charge in [-0.2, -0.15) is 0 Å². The lowest BCUT2D eigenvalue weighted by Gasteiger charge is -2.31. The Hall–Kier alpha value is -2.90. The van der Waals surface area contributed by atoms with Crippen LogP contribution in [0.5, 0.6) is 0 Å². The SMILES string of the molecule is O=C(C=Cc1cccc([N+](=O)[O-])c1)Nc1cccc(Cl)c1N1CCOCC1. The van der Waals surface area contributed by atoms with E-state index in [9.17, 15) is 14.9 Å². The van der Waals surface area contributed by atoms with Crippen molar-refractivity contribution in [1.82, 2.24) is 0 Å². The highest BCUT2D eigenvalue weighted by Gasteiger charge is 2.18. The number of morpholine rings is 1. The number of carbonyl (C=O) groups excluding carboxylic acids is 1. The maximum Gasteiger partial charge on any atom is 0.270 e. The van der Waals surface area contributed by atoms with Crippen molar-refractivity contribution in [3.05, 3.63) is 69.2 Å². The number of hydrogen-bond donors (Lipinski definition) is 1. The molecule has 2 aromatic rings. The third kappa shape index (κ3) is 4.84. The van der Waals surface area contributed by atoms with Gasteiger partial charge in [-0.3, -0.25) is 14.9 Å². The Morgan fingerprint density at radius 1 is 1.22 bits per heavy atom. The molecule has 1 fully saturated rings. The zero-order chi connectivity index (χ0) is 19.2. The van der Waals surface area contributed by atoms with Crippen molar-refractivity contribution in [3.8, 4) is 0 Å². The maximum atomic E-state index is 12.3. The molecule has 0 unspecified atom stereocenters. The molecule has 3 rings (SSSR count). The van der Waals surface area contributed by atoms with E-state index in [-0.39, 0.29) is 11.6 Å². The minimum Gasteiger partial charge on any atom is -0.378 e. The first-order valence-corrected chi connectivity index (χ1v) is 8.77. The maximum absolute atomic E-state index is 12.3. The number of amides is 1. The highest BCUT2D eigenvalue weighted by atomic mass is 35.5. The van der Waals surface area contributed by atoms with E-state index < -0.39 is 4.92 Å². The number of benzene rings is 2. The van der Waals surface area contributed by atoms with Crippen molar-refractivity contribution in [1.29, 1.82) is 0 Å². The second-order valence-corrected chi connectivity index (χ2v) is 6.32. The average molecular weight is 388 g/mol. The number of carbonyl (C=O) groups is 1. The number of halogens is 1. The minimum atomic E-state index is -0.474. The van der Waals surface area contributed by atoms with Crippen LogP contribution in [0.25, 0.3) is 6.08 Å². The van der Waals surface area contributed by atoms with Gasteiger partial charge in [-0.1, -0.05) is 29.8 Å². The largest absolute Gasteiger partial charge is 0.378 e. The summed E-state index contributed by atoms with van der Waals surface area (Å²) in [5.74, 6) is -0.349. The van der Waals surface area contributed by atoms with Gasteiger partial charge >= 0.3 is 0 Å². The fourth-order valence-corrected chi connectivity index (χ4v) is 3.11. The summed E-state index contributed by atoms with van der Waals surface area (Å²) in [6, 6.07) is 11.4. The molecule has 1 saturated heterocycles. The first kappa shape index (κ1) is 18.9. The number of non-ortho nitro benzene ring substituents is 1. The van der Waals surface area contributed by atoms with Crippen molar-refractivity contribution in [3.63, 3.8) is 0 Å². The molecule has 0 aliphatic carbocycles. The van der Waals surface area contributed by atoms with E-state index in [0.717, 1.165) is 5.69 Å². The van der Waals surface area contributed by atoms with E-state index >= 15 is 0 Å². The Morgan fingerprint density at radius 2 is 1.96 bits per heavy atom. The highest BCUT2D eigenvalue weighted by Crippen LogP contribution is 2.34. The Kier molecular flexibility index (Phi) is 6.05. The molecule has 1 amide bonds. The van der Waals surface area contributed by atoms with Crippen LogP contribution < -0.4 is 10.2 Å². The fourth-order valence-electron chi connectivity index (χ4n) is 2.81. The number of nitrogens with zero attached hydrogens (tertiary/aromatic N) is 2. The van der Waals surface area contributed by atoms with Gasteiger partial charge in [0, 0.05) is 31.3 Å². The first-order valence-electron chi connectivity index (χ1n) is 8.39. The number of nitrogens with one attached hydrogen (secondary N) is 1. The molecule has 1 aliphatic rings. The topological polar surface area (TPSA) is 84.7 Å². The van der Waals surface area contributed by atoms with E-state index in [1.54, 1.807) is 30.3 Å². The van der Waals surface area contributed by atoms with Gasteiger partial charge in [0.2, 0.25) is 5.91 Å². The van der Waals surface area contributed by atoms with E-state index in [1.807, 2.05) is 0 Å². The molecule has 0 atom stereocenters. The number of rotatable bonds is 5. The van der Waals surface area contributed by atoms with Crippen molar-refractivity contribution in [2.75, 3.05) is 36.5 Å². The van der Waals surface area contributed by atoms with Gasteiger partial charge in [-0.25, -0.2) is 0 Å². The average Bonchev–Trinajstić information content (AvgIpc) is 2.67. The predicted molar refractivity (Wildman–Crippen MR) is 105 cm³/mol. The molecule has 8 heteroatoms. The Morgan fingerprint density at radius 3 is 2.70 bits per heavy atom. The molecule has 27 heavy (non-hydrogen) atoms. The monoisotopic (exact) mass is 387 g/mol. The van der Waals surface area contributed by atoms with Crippen LogP contribution in [0, 0.1) is 10.1 Å². The molecule has 1 N–H and O–H groups in total. The molecule has 0 spiro atoms. The molecule has 1 aliphatic heterocycles. The second kappa shape index (κ2) is 8.66. The van der Waals surface area contributed by atoms with Crippen LogP contribution in [0.1, 0.15) is 5.56 Å². The van der Waals surface area contributed by atoms with Crippen molar-refractivity contribution in [2.45, 2.75) is 0 Å². The summed E-state index contributed by atoms with van der Waals surface area (Å²) in [4.78, 5) is 24.8. The zero-order valence-electron chi connectivity index (χ0n) is 14.4. The molecule has 0 bridgehead atoms. The molecule has 0 radical (unpaired) electrons. The van der Waals surface area contributed by atoms with Gasteiger partial charge in [-0.15, -0.1) is 0 Å². The summed E-state index contributed by atoms with van der Waals surface area (Å²) in [5.41, 5.74) is 1.92. The van der Waals surface area contributed by atoms with Gasteiger partial charge in [-0.05, 0) is 23.8 Å². The molecule has 2 aromatic carbocycles. The quantitative estimate of drug-likeness (QED) is 0.480. The highest BCUT2D eigenvalue weighted by molar-refractivity contribution is 6.34. The van der Waals surface area contributed by atoms with Crippen LogP contribution in [0.3, 0.4) is 0 Å². The summed E-state index contributed by atoms with van der Waals surface area (Å²) < 4.78 is 5.36. The van der Waals surface area contributed by atoms with Gasteiger partial charge in [0.15, 0.2) is 0 Å². The van der Waals surface area contributed by atoms with E-state index in [2.05, 4.69) is 10.2 Å². The lowest BCUT2D eigenvalue weighted by Crippen LogP contribution is -2.37. The van der Waals surface area contributed by atoms with Crippen molar-refractivity contribution < 1.29 is 14.5 Å². The summed E-state index contributed by atoms with van der Waals surface area (Å²) in [5, 5.41) is 14.2. The van der Waals surface area contributed by atoms with E-state index in [4.69, 9.17) is 16.3 Å². The summed E-state index contributed by atoms with van der Waals surface area (Å²) >= 11 is 6.35. The molecule has 140 valence electrons. The predicted octanol–water partition coefficient (Wildman–Crippen LogP) is 3.74. The second-order valence-electron chi connectivity index (χ2n) is 5.91. The Labute approximate surface area is 161 Å². The summed E-state index contributed by atoms with van der Waals surface area (Å²) in [7, 11) is 0. The van der Waals surface area contributed by atoms with Gasteiger partial charge < -0.3 is 15.0 Å². The molecule has 0 aromatic heterocycles. The molecular formula is C19H18ClN3O4. The van der Waals surface area contributed by atoms with Crippen LogP contribution in [0.15, 0.2) is 48.5 Å². The normalized spacial score (nSPS) is 14.3. The standard InChI is InChI=1S/C19H18ClN3O4/c20-16-5-2-6-17(19(16)22-9-11-27-12-10-22)21-18(24)8-7-14-3-1-4-15(13-14)23(25)26/h1-8,13H,9-12H2,(H,21,24). The van der Waals surface area contributed by atoms with Crippen LogP contribution in [0.4, 0.5) is 17.1 Å². The van der Waals surface area contributed by atoms with E-state index in [1.165, 1.54) is 24.3 Å². The fraction of sp³-hybridized carbons (Fsp3) is 0.211. The van der Waals surface area contributed by atoms with Gasteiger partial charge in [0.25, 0.3) is 5.69 Å². The number of anilines is 2.